The van der Waals surface area contributed by atoms with Crippen LogP contribution in [0.15, 0.2) is 81.4 Å². The molecule has 0 atom stereocenters. The summed E-state index contributed by atoms with van der Waals surface area (Å²) in [5.41, 5.74) is 0.344. The largest absolute Gasteiger partial charge is 0.506 e. The number of sulfonamides is 1. The van der Waals surface area contributed by atoms with E-state index in [0.717, 1.165) is 6.07 Å². The molecule has 0 aliphatic rings. The zero-order chi connectivity index (χ0) is 22.8. The average Bonchev–Trinajstić information content (AvgIpc) is 2.75. The molecule has 3 aromatic rings. The maximum absolute atomic E-state index is 13.1. The van der Waals surface area contributed by atoms with Crippen LogP contribution in [0.1, 0.15) is 25.3 Å². The van der Waals surface area contributed by atoms with Crippen LogP contribution in [0.5, 0.6) is 11.5 Å². The number of rotatable bonds is 7. The quantitative estimate of drug-likeness (QED) is 0.511. The van der Waals surface area contributed by atoms with E-state index < -0.39 is 25.6 Å². The van der Waals surface area contributed by atoms with Gasteiger partial charge in [0, 0.05) is 0 Å². The van der Waals surface area contributed by atoms with Gasteiger partial charge in [-0.1, -0.05) is 32.0 Å². The molecule has 3 aromatic carbocycles. The number of hydrogen-bond acceptors (Lipinski definition) is 6. The third-order valence-corrected chi connectivity index (χ3v) is 7.87. The number of phenolic OH excluding ortho intramolecular Hbond substituents is 1. The van der Waals surface area contributed by atoms with Crippen LogP contribution in [0.25, 0.3) is 0 Å². The van der Waals surface area contributed by atoms with Gasteiger partial charge in [0.2, 0.25) is 9.84 Å². The van der Waals surface area contributed by atoms with Gasteiger partial charge in [-0.2, -0.15) is 0 Å². The number of ether oxygens (including phenoxy) is 1. The highest BCUT2D eigenvalue weighted by Crippen LogP contribution is 2.38. The fraction of sp³-hybridized carbons (Fsp3) is 0.182. The lowest BCUT2D eigenvalue weighted by Gasteiger charge is -2.17. The normalized spacial score (nSPS) is 12.0. The molecule has 0 saturated heterocycles. The van der Waals surface area contributed by atoms with Crippen LogP contribution >= 0.6 is 0 Å². The summed E-state index contributed by atoms with van der Waals surface area (Å²) in [4.78, 5) is -0.382. The molecule has 7 nitrogen and oxygen atoms in total. The lowest BCUT2D eigenvalue weighted by Crippen LogP contribution is -2.14. The minimum Gasteiger partial charge on any atom is -0.506 e. The summed E-state index contributed by atoms with van der Waals surface area (Å²) in [5.74, 6) is -0.150. The summed E-state index contributed by atoms with van der Waals surface area (Å²) >= 11 is 0. The van der Waals surface area contributed by atoms with Crippen molar-refractivity contribution in [2.75, 3.05) is 11.8 Å². The van der Waals surface area contributed by atoms with Gasteiger partial charge in [-0.3, -0.25) is 4.72 Å². The summed E-state index contributed by atoms with van der Waals surface area (Å²) in [7, 11) is -6.61. The van der Waals surface area contributed by atoms with Gasteiger partial charge < -0.3 is 9.84 Å². The maximum atomic E-state index is 13.1. The Labute approximate surface area is 182 Å². The summed E-state index contributed by atoms with van der Waals surface area (Å²) in [6.45, 7) is 3.55. The maximum Gasteiger partial charge on any atom is 0.261 e. The van der Waals surface area contributed by atoms with E-state index in [4.69, 9.17) is 4.74 Å². The number of sulfone groups is 1. The molecule has 0 fully saturated rings. The Morgan fingerprint density at radius 1 is 0.871 bits per heavy atom. The van der Waals surface area contributed by atoms with Crippen LogP contribution in [-0.2, 0) is 19.9 Å². The second-order valence-corrected chi connectivity index (χ2v) is 10.8. The molecule has 9 heteroatoms. The fourth-order valence-corrected chi connectivity index (χ4v) is 5.49. The lowest BCUT2D eigenvalue weighted by atomic mass is 10.0. The highest BCUT2D eigenvalue weighted by molar-refractivity contribution is 7.92. The van der Waals surface area contributed by atoms with Crippen molar-refractivity contribution < 1.29 is 26.7 Å². The molecule has 0 radical (unpaired) electrons. The van der Waals surface area contributed by atoms with E-state index in [9.17, 15) is 21.9 Å². The molecule has 0 spiro atoms. The molecule has 0 bridgehead atoms. The number of nitrogens with one attached hydrogen (secondary N) is 1. The van der Waals surface area contributed by atoms with E-state index in [0.29, 0.717) is 11.3 Å². The molecule has 0 saturated carbocycles. The van der Waals surface area contributed by atoms with Crippen molar-refractivity contribution in [2.45, 2.75) is 34.5 Å². The molecular weight excluding hydrogens is 438 g/mol. The fourth-order valence-electron chi connectivity index (χ4n) is 3.03. The van der Waals surface area contributed by atoms with Crippen molar-refractivity contribution in [3.05, 3.63) is 72.3 Å². The lowest BCUT2D eigenvalue weighted by molar-refractivity contribution is 0.414. The standard InChI is InChI=1S/C22H23NO6S2/c1-15(2)20-13-16(23-31(27,28)19-11-9-17(29-3)10-12-19)14-21(22(20)24)30(25,26)18-7-5-4-6-8-18/h4-15,23-24H,1-3H3. The predicted molar refractivity (Wildman–Crippen MR) is 118 cm³/mol. The molecular formula is C22H23NO6S2. The van der Waals surface area contributed by atoms with Gasteiger partial charge in [0.05, 0.1) is 22.6 Å². The molecule has 164 valence electrons. The topological polar surface area (TPSA) is 110 Å². The third-order valence-electron chi connectivity index (χ3n) is 4.69. The van der Waals surface area contributed by atoms with E-state index in [1.165, 1.54) is 49.6 Å². The van der Waals surface area contributed by atoms with Crippen molar-refractivity contribution in [2.24, 2.45) is 0 Å². The number of methoxy groups -OCH3 is 1. The van der Waals surface area contributed by atoms with Gasteiger partial charge >= 0.3 is 0 Å². The van der Waals surface area contributed by atoms with Gasteiger partial charge in [-0.15, -0.1) is 0 Å². The Hall–Kier alpha value is -3.04. The van der Waals surface area contributed by atoms with Gasteiger partial charge in [0.25, 0.3) is 10.0 Å². The van der Waals surface area contributed by atoms with Crippen molar-refractivity contribution in [1.82, 2.24) is 0 Å². The van der Waals surface area contributed by atoms with Crippen molar-refractivity contribution in [3.8, 4) is 11.5 Å². The highest BCUT2D eigenvalue weighted by Gasteiger charge is 2.26. The van der Waals surface area contributed by atoms with Gasteiger partial charge in [-0.05, 0) is 60.0 Å². The average molecular weight is 462 g/mol. The summed E-state index contributed by atoms with van der Waals surface area (Å²) < 4.78 is 59.4. The van der Waals surface area contributed by atoms with E-state index in [2.05, 4.69) is 4.72 Å². The number of hydrogen-bond donors (Lipinski definition) is 2. The first kappa shape index (κ1) is 22.6. The second kappa shape index (κ2) is 8.60. The van der Waals surface area contributed by atoms with Gasteiger partial charge in [-0.25, -0.2) is 16.8 Å². The SMILES string of the molecule is COc1ccc(S(=O)(=O)Nc2cc(C(C)C)c(O)c(S(=O)(=O)c3ccccc3)c2)cc1. The molecule has 0 aromatic heterocycles. The molecule has 31 heavy (non-hydrogen) atoms. The minimum absolute atomic E-state index is 0.00447. The van der Waals surface area contributed by atoms with Crippen LogP contribution in [0, 0.1) is 0 Å². The van der Waals surface area contributed by atoms with Crippen LogP contribution in [0.4, 0.5) is 5.69 Å². The Morgan fingerprint density at radius 3 is 2.03 bits per heavy atom. The van der Waals surface area contributed by atoms with Crippen LogP contribution in [0.3, 0.4) is 0 Å². The summed E-state index contributed by atoms with van der Waals surface area (Å²) in [6, 6.07) is 16.0. The Morgan fingerprint density at radius 2 is 1.48 bits per heavy atom. The first-order valence-corrected chi connectivity index (χ1v) is 12.4. The molecule has 0 aliphatic carbocycles. The molecule has 0 heterocycles. The first-order chi connectivity index (χ1) is 14.6. The predicted octanol–water partition coefficient (Wildman–Crippen LogP) is 4.16. The monoisotopic (exact) mass is 461 g/mol. The van der Waals surface area contributed by atoms with E-state index in [1.807, 2.05) is 0 Å². The Bertz CT molecular complexity index is 1280. The van der Waals surface area contributed by atoms with Gasteiger partial charge in [0.1, 0.15) is 16.4 Å². The van der Waals surface area contributed by atoms with E-state index in [1.54, 1.807) is 32.0 Å². The van der Waals surface area contributed by atoms with Crippen LogP contribution < -0.4 is 9.46 Å². The minimum atomic E-state index is -4.08. The molecule has 3 rings (SSSR count). The Kier molecular flexibility index (Phi) is 6.28. The smallest absolute Gasteiger partial charge is 0.261 e. The zero-order valence-corrected chi connectivity index (χ0v) is 18.9. The highest BCUT2D eigenvalue weighted by atomic mass is 32.2. The molecule has 2 N–H and O–H groups in total. The zero-order valence-electron chi connectivity index (χ0n) is 17.2. The molecule has 0 aliphatic heterocycles. The molecule has 0 unspecified atom stereocenters. The summed E-state index contributed by atoms with van der Waals surface area (Å²) in [5, 5.41) is 10.7. The van der Waals surface area contributed by atoms with Crippen LogP contribution in [-0.4, -0.2) is 29.1 Å². The number of aromatic hydroxyl groups is 1. The number of anilines is 1. The number of phenols is 1. The van der Waals surface area contributed by atoms with Gasteiger partial charge in [0.15, 0.2) is 0 Å². The Balaban J connectivity index is 2.11. The first-order valence-electron chi connectivity index (χ1n) is 9.40. The molecule has 0 amide bonds. The third kappa shape index (κ3) is 4.67. The number of benzene rings is 3. The summed E-state index contributed by atoms with van der Waals surface area (Å²) in [6.07, 6.45) is 0. The van der Waals surface area contributed by atoms with Crippen molar-refractivity contribution in [3.63, 3.8) is 0 Å². The van der Waals surface area contributed by atoms with E-state index in [-0.39, 0.29) is 26.3 Å². The van der Waals surface area contributed by atoms with Crippen molar-refractivity contribution >= 4 is 25.5 Å². The van der Waals surface area contributed by atoms with Crippen LogP contribution in [0.2, 0.25) is 0 Å². The van der Waals surface area contributed by atoms with E-state index >= 15 is 0 Å². The van der Waals surface area contributed by atoms with Crippen molar-refractivity contribution in [1.29, 1.82) is 0 Å². The second-order valence-electron chi connectivity index (χ2n) is 7.16.